The number of hydrogen-bond acceptors (Lipinski definition) is 2. The van der Waals surface area contributed by atoms with Gasteiger partial charge in [-0.15, -0.1) is 0 Å². The van der Waals surface area contributed by atoms with Crippen molar-refractivity contribution in [2.24, 2.45) is 0 Å². The van der Waals surface area contributed by atoms with Gasteiger partial charge < -0.3 is 9.80 Å². The molecule has 0 amide bonds. The summed E-state index contributed by atoms with van der Waals surface area (Å²) in [6.45, 7) is 16.5. The third-order valence-electron chi connectivity index (χ3n) is 11.7. The van der Waals surface area contributed by atoms with Crippen LogP contribution in [-0.4, -0.2) is 35.7 Å². The van der Waals surface area contributed by atoms with Gasteiger partial charge in [0.2, 0.25) is 0 Å². The van der Waals surface area contributed by atoms with Gasteiger partial charge in [-0.3, -0.25) is 0 Å². The fourth-order valence-electron chi connectivity index (χ4n) is 10.5. The molecule has 0 bridgehead atoms. The zero-order valence-electron chi connectivity index (χ0n) is 27.9. The summed E-state index contributed by atoms with van der Waals surface area (Å²) in [5, 5.41) is 0.418. The van der Waals surface area contributed by atoms with Crippen molar-refractivity contribution >= 4 is 19.3 Å². The second-order valence-corrected chi connectivity index (χ2v) is 18.1. The summed E-state index contributed by atoms with van der Waals surface area (Å²) in [6, 6.07) is 9.85. The fraction of sp³-hybridized carbons (Fsp3) is 0.692. The molecule has 4 aliphatic rings. The van der Waals surface area contributed by atoms with E-state index in [2.05, 4.69) is 75.6 Å². The standard InChI is InChI=1S/C39H59N2P/c1-28-24-30(3)36(31(4)25-28)40-22-23-41(37-32(5)26-29(2)27-33(37)6)38(40)39(20-14-9-15-21-39)42(34-16-10-7-11-17-34)35-18-12-8-13-19-35/h24-27,34-35,38H,7-23H2,1-6H3. The molecule has 2 aromatic carbocycles. The lowest BCUT2D eigenvalue weighted by Gasteiger charge is -2.58. The van der Waals surface area contributed by atoms with Crippen LogP contribution in [0.15, 0.2) is 24.3 Å². The number of rotatable bonds is 6. The molecular weight excluding hydrogens is 527 g/mol. The summed E-state index contributed by atoms with van der Waals surface area (Å²) in [4.78, 5) is 5.99. The summed E-state index contributed by atoms with van der Waals surface area (Å²) in [5.74, 6) is 0. The van der Waals surface area contributed by atoms with E-state index in [0.717, 1.165) is 24.4 Å². The van der Waals surface area contributed by atoms with Gasteiger partial charge in [0.25, 0.3) is 0 Å². The van der Waals surface area contributed by atoms with E-state index in [-0.39, 0.29) is 7.92 Å². The predicted octanol–water partition coefficient (Wildman–Crippen LogP) is 11.0. The zero-order chi connectivity index (χ0) is 29.4. The minimum Gasteiger partial charge on any atom is -0.348 e. The van der Waals surface area contributed by atoms with Crippen molar-refractivity contribution in [3.05, 3.63) is 57.6 Å². The van der Waals surface area contributed by atoms with E-state index in [1.165, 1.54) is 130 Å². The van der Waals surface area contributed by atoms with E-state index in [1.807, 2.05) is 0 Å². The quantitative estimate of drug-likeness (QED) is 0.311. The highest BCUT2D eigenvalue weighted by Crippen LogP contribution is 2.70. The SMILES string of the molecule is Cc1cc(C)c(N2CCN(c3c(C)cc(C)cc3C)C2C2(P(C3CCCCC3)C3CCCCC3)CCCCC2)c(C)c1. The molecule has 0 spiro atoms. The molecule has 1 aliphatic heterocycles. The monoisotopic (exact) mass is 586 g/mol. The summed E-state index contributed by atoms with van der Waals surface area (Å²) < 4.78 is 0. The van der Waals surface area contributed by atoms with E-state index >= 15 is 0 Å². The molecule has 0 N–H and O–H groups in total. The maximum atomic E-state index is 3.00. The highest BCUT2D eigenvalue weighted by molar-refractivity contribution is 7.61. The smallest absolute Gasteiger partial charge is 0.111 e. The molecular formula is C39H59N2P. The molecule has 0 radical (unpaired) electrons. The van der Waals surface area contributed by atoms with Crippen LogP contribution in [0.25, 0.3) is 0 Å². The Kier molecular flexibility index (Phi) is 9.32. The van der Waals surface area contributed by atoms with Crippen LogP contribution in [0.2, 0.25) is 0 Å². The molecule has 2 nitrogen and oxygen atoms in total. The van der Waals surface area contributed by atoms with Crippen LogP contribution in [0.1, 0.15) is 130 Å². The van der Waals surface area contributed by atoms with Crippen molar-refractivity contribution in [2.45, 2.75) is 160 Å². The average Bonchev–Trinajstić information content (AvgIpc) is 3.38. The molecule has 230 valence electrons. The third-order valence-corrected chi connectivity index (χ3v) is 16.0. The second kappa shape index (κ2) is 12.8. The molecule has 4 fully saturated rings. The predicted molar refractivity (Wildman–Crippen MR) is 186 cm³/mol. The summed E-state index contributed by atoms with van der Waals surface area (Å²) in [5.41, 5.74) is 13.9. The Hall–Kier alpha value is -1.53. The van der Waals surface area contributed by atoms with Crippen LogP contribution < -0.4 is 9.80 Å². The van der Waals surface area contributed by atoms with E-state index in [1.54, 1.807) is 11.4 Å². The molecule has 0 atom stereocenters. The van der Waals surface area contributed by atoms with Gasteiger partial charge in [-0.1, -0.05) is 101 Å². The number of benzene rings is 2. The summed E-state index contributed by atoms with van der Waals surface area (Å²) in [7, 11) is -0.0787. The summed E-state index contributed by atoms with van der Waals surface area (Å²) in [6.07, 6.45) is 22.7. The lowest BCUT2D eigenvalue weighted by molar-refractivity contribution is 0.326. The Balaban J connectivity index is 1.56. The molecule has 0 aromatic heterocycles. The molecule has 3 heteroatoms. The lowest BCUT2D eigenvalue weighted by atomic mass is 9.84. The van der Waals surface area contributed by atoms with Gasteiger partial charge in [-0.2, -0.15) is 0 Å². The molecule has 3 saturated carbocycles. The minimum atomic E-state index is -0.0787. The zero-order valence-corrected chi connectivity index (χ0v) is 28.8. The van der Waals surface area contributed by atoms with Crippen LogP contribution in [0, 0.1) is 41.5 Å². The Morgan fingerprint density at radius 1 is 0.524 bits per heavy atom. The van der Waals surface area contributed by atoms with Crippen LogP contribution in [0.5, 0.6) is 0 Å². The van der Waals surface area contributed by atoms with Crippen LogP contribution in [-0.2, 0) is 0 Å². The Morgan fingerprint density at radius 3 is 1.26 bits per heavy atom. The Bertz CT molecular complexity index is 1100. The summed E-state index contributed by atoms with van der Waals surface area (Å²) >= 11 is 0. The molecule has 6 rings (SSSR count). The highest BCUT2D eigenvalue weighted by Gasteiger charge is 2.56. The third kappa shape index (κ3) is 5.69. The molecule has 0 unspecified atom stereocenters. The first kappa shape index (κ1) is 30.5. The number of anilines is 2. The molecule has 1 saturated heterocycles. The van der Waals surface area contributed by atoms with Crippen molar-refractivity contribution in [1.29, 1.82) is 0 Å². The van der Waals surface area contributed by atoms with Gasteiger partial charge >= 0.3 is 0 Å². The van der Waals surface area contributed by atoms with Crippen LogP contribution in [0.4, 0.5) is 11.4 Å². The van der Waals surface area contributed by atoms with E-state index in [4.69, 9.17) is 0 Å². The van der Waals surface area contributed by atoms with Crippen LogP contribution >= 0.6 is 7.92 Å². The Morgan fingerprint density at radius 2 is 0.881 bits per heavy atom. The van der Waals surface area contributed by atoms with E-state index in [9.17, 15) is 0 Å². The van der Waals surface area contributed by atoms with Gasteiger partial charge in [-0.05, 0) is 114 Å². The highest BCUT2D eigenvalue weighted by atomic mass is 31.1. The first-order valence-electron chi connectivity index (χ1n) is 17.8. The molecule has 2 aromatic rings. The van der Waals surface area contributed by atoms with Crippen molar-refractivity contribution in [3.63, 3.8) is 0 Å². The van der Waals surface area contributed by atoms with Crippen molar-refractivity contribution < 1.29 is 0 Å². The normalized spacial score (nSPS) is 22.8. The average molecular weight is 587 g/mol. The van der Waals surface area contributed by atoms with Crippen molar-refractivity contribution in [1.82, 2.24) is 0 Å². The first-order valence-corrected chi connectivity index (χ1v) is 19.3. The van der Waals surface area contributed by atoms with Gasteiger partial charge in [0, 0.05) is 29.6 Å². The van der Waals surface area contributed by atoms with Crippen molar-refractivity contribution in [3.8, 4) is 0 Å². The van der Waals surface area contributed by atoms with Gasteiger partial charge in [0.05, 0.1) is 0 Å². The number of hydrogen-bond donors (Lipinski definition) is 0. The maximum absolute atomic E-state index is 3.00. The van der Waals surface area contributed by atoms with Gasteiger partial charge in [0.15, 0.2) is 0 Å². The van der Waals surface area contributed by atoms with E-state index in [0.29, 0.717) is 11.3 Å². The maximum Gasteiger partial charge on any atom is 0.111 e. The van der Waals surface area contributed by atoms with Gasteiger partial charge in [0.1, 0.15) is 6.17 Å². The molecule has 42 heavy (non-hydrogen) atoms. The second-order valence-electron chi connectivity index (χ2n) is 14.9. The first-order chi connectivity index (χ1) is 20.3. The largest absolute Gasteiger partial charge is 0.348 e. The molecule has 1 heterocycles. The lowest BCUT2D eigenvalue weighted by Crippen LogP contribution is -2.59. The van der Waals surface area contributed by atoms with E-state index < -0.39 is 0 Å². The minimum absolute atomic E-state index is 0.0787. The Labute approximate surface area is 259 Å². The molecule has 3 aliphatic carbocycles. The number of nitrogens with zero attached hydrogens (tertiary/aromatic N) is 2. The van der Waals surface area contributed by atoms with Gasteiger partial charge in [-0.25, -0.2) is 0 Å². The number of aryl methyl sites for hydroxylation is 6. The fourth-order valence-corrected chi connectivity index (χ4v) is 15.8. The van der Waals surface area contributed by atoms with Crippen molar-refractivity contribution in [2.75, 3.05) is 22.9 Å². The van der Waals surface area contributed by atoms with Crippen LogP contribution in [0.3, 0.4) is 0 Å². The topological polar surface area (TPSA) is 6.48 Å².